The third-order valence-corrected chi connectivity index (χ3v) is 3.11. The molecule has 0 saturated carbocycles. The number of allylic oxidation sites excluding steroid dienone is 8. The summed E-state index contributed by atoms with van der Waals surface area (Å²) in [7, 11) is 0. The van der Waals surface area contributed by atoms with Crippen LogP contribution in [0.15, 0.2) is 96.8 Å². The molecule has 1 aromatic rings. The molecule has 3 heteroatoms. The Morgan fingerprint density at radius 2 is 1.52 bits per heavy atom. The molecule has 3 heterocycles. The van der Waals surface area contributed by atoms with Gasteiger partial charge in [0.1, 0.15) is 0 Å². The Balaban J connectivity index is 1.91. The maximum Gasteiger partial charge on any atom is 0.0509 e. The summed E-state index contributed by atoms with van der Waals surface area (Å²) in [5, 5.41) is 8.72. The van der Waals surface area contributed by atoms with E-state index in [1.807, 2.05) is 54.7 Å². The summed E-state index contributed by atoms with van der Waals surface area (Å²) >= 11 is 0. The number of hydrogen-bond donors (Lipinski definition) is 0. The van der Waals surface area contributed by atoms with Crippen LogP contribution in [0.4, 0.5) is 0 Å². The summed E-state index contributed by atoms with van der Waals surface area (Å²) in [5.74, 6) is 0.0380. The van der Waals surface area contributed by atoms with Crippen molar-refractivity contribution in [3.05, 3.63) is 113 Å². The first kappa shape index (κ1) is 13.2. The van der Waals surface area contributed by atoms with E-state index in [4.69, 9.17) is 0 Å². The lowest BCUT2D eigenvalue weighted by Crippen LogP contribution is -1.98. The zero-order valence-electron chi connectivity index (χ0n) is 11.5. The van der Waals surface area contributed by atoms with Crippen LogP contribution in [0.5, 0.6) is 0 Å². The summed E-state index contributed by atoms with van der Waals surface area (Å²) in [5.41, 5.74) is 2.84. The maximum atomic E-state index is 4.45. The third-order valence-electron chi connectivity index (χ3n) is 3.11. The van der Waals surface area contributed by atoms with Gasteiger partial charge in [-0.05, 0) is 12.1 Å². The molecule has 0 aliphatic carbocycles. The highest BCUT2D eigenvalue weighted by atomic mass is 14.9. The van der Waals surface area contributed by atoms with Gasteiger partial charge in [0.05, 0.1) is 5.69 Å². The van der Waals surface area contributed by atoms with Crippen LogP contribution in [-0.2, 0) is 0 Å². The normalized spacial score (nSPS) is 21.3. The Hall–Kier alpha value is -2.81. The lowest BCUT2D eigenvalue weighted by atomic mass is 10.0. The van der Waals surface area contributed by atoms with Crippen LogP contribution in [0, 0.1) is 0 Å². The largest absolute Gasteiger partial charge is 0.664 e. The van der Waals surface area contributed by atoms with E-state index in [-0.39, 0.29) is 5.92 Å². The van der Waals surface area contributed by atoms with Gasteiger partial charge in [0.15, 0.2) is 0 Å². The molecule has 0 atom stereocenters. The van der Waals surface area contributed by atoms with Gasteiger partial charge in [-0.3, -0.25) is 4.98 Å². The quantitative estimate of drug-likeness (QED) is 0.776. The van der Waals surface area contributed by atoms with Crippen molar-refractivity contribution < 1.29 is 0 Å². The molecule has 0 bridgehead atoms. The molecule has 104 valence electrons. The smallest absolute Gasteiger partial charge is 0.0509 e. The number of nitrogens with zero attached hydrogens (tertiary/aromatic N) is 3. The van der Waals surface area contributed by atoms with Crippen LogP contribution < -0.4 is 0 Å². The molecule has 0 aromatic carbocycles. The standard InChI is InChI=1S/C18H15N3/c1-4-10-19-16(7-1)13-15(18-9-3-6-12-21-18)14-17-8-2-5-11-20-17/h1-15H/q-2/b16-13+,17-14+. The van der Waals surface area contributed by atoms with Crippen molar-refractivity contribution in [3.8, 4) is 0 Å². The van der Waals surface area contributed by atoms with E-state index in [0.29, 0.717) is 0 Å². The van der Waals surface area contributed by atoms with Gasteiger partial charge in [-0.15, -0.1) is 11.4 Å². The van der Waals surface area contributed by atoms with Crippen molar-refractivity contribution in [1.29, 1.82) is 0 Å². The molecule has 0 spiro atoms. The van der Waals surface area contributed by atoms with E-state index < -0.39 is 0 Å². The SMILES string of the molecule is C1=C[N-]/C(=C/C(/C=C2\C=CC=C[N-]2)c2ccccn2)C=C1. The highest BCUT2D eigenvalue weighted by Crippen LogP contribution is 2.26. The zero-order chi connectivity index (χ0) is 14.3. The van der Waals surface area contributed by atoms with E-state index in [9.17, 15) is 0 Å². The molecule has 21 heavy (non-hydrogen) atoms. The summed E-state index contributed by atoms with van der Waals surface area (Å²) in [4.78, 5) is 4.45. The second-order valence-electron chi connectivity index (χ2n) is 4.62. The Labute approximate surface area is 124 Å². The molecule has 0 fully saturated rings. The predicted octanol–water partition coefficient (Wildman–Crippen LogP) is 4.85. The van der Waals surface area contributed by atoms with E-state index in [1.165, 1.54) is 0 Å². The van der Waals surface area contributed by atoms with Gasteiger partial charge in [-0.1, -0.05) is 54.7 Å². The molecular weight excluding hydrogens is 258 g/mol. The number of pyridine rings is 1. The Morgan fingerprint density at radius 3 is 2.00 bits per heavy atom. The van der Waals surface area contributed by atoms with E-state index in [0.717, 1.165) is 17.1 Å². The molecular formula is C18H15N3-2. The van der Waals surface area contributed by atoms with E-state index >= 15 is 0 Å². The Bertz CT molecular complexity index is 621. The molecule has 0 amide bonds. The average molecular weight is 273 g/mol. The van der Waals surface area contributed by atoms with Gasteiger partial charge in [0.25, 0.3) is 0 Å². The van der Waals surface area contributed by atoms with Gasteiger partial charge < -0.3 is 10.6 Å². The first-order valence-corrected chi connectivity index (χ1v) is 6.84. The fourth-order valence-corrected chi connectivity index (χ4v) is 2.11. The number of rotatable bonds is 3. The molecule has 3 nitrogen and oxygen atoms in total. The Kier molecular flexibility index (Phi) is 4.12. The number of aromatic nitrogens is 1. The van der Waals surface area contributed by atoms with Crippen LogP contribution >= 0.6 is 0 Å². The minimum atomic E-state index is 0.0380. The lowest BCUT2D eigenvalue weighted by Gasteiger charge is -2.25. The van der Waals surface area contributed by atoms with Gasteiger partial charge in [0.2, 0.25) is 0 Å². The van der Waals surface area contributed by atoms with Crippen LogP contribution in [0.2, 0.25) is 0 Å². The van der Waals surface area contributed by atoms with Gasteiger partial charge in [0, 0.05) is 12.1 Å². The van der Waals surface area contributed by atoms with Crippen molar-refractivity contribution in [2.24, 2.45) is 0 Å². The van der Waals surface area contributed by atoms with E-state index in [2.05, 4.69) is 27.8 Å². The molecule has 1 aromatic heterocycles. The summed E-state index contributed by atoms with van der Waals surface area (Å²) in [6.07, 6.45) is 21.3. The molecule has 3 rings (SSSR count). The van der Waals surface area contributed by atoms with Crippen LogP contribution in [0.1, 0.15) is 11.6 Å². The van der Waals surface area contributed by atoms with E-state index in [1.54, 1.807) is 18.6 Å². The molecule has 2 aliphatic heterocycles. The van der Waals surface area contributed by atoms with Crippen LogP contribution in [0.3, 0.4) is 0 Å². The van der Waals surface area contributed by atoms with Crippen LogP contribution in [0.25, 0.3) is 10.6 Å². The van der Waals surface area contributed by atoms with Crippen molar-refractivity contribution in [1.82, 2.24) is 4.98 Å². The summed E-state index contributed by atoms with van der Waals surface area (Å²) in [6, 6.07) is 5.93. The predicted molar refractivity (Wildman–Crippen MR) is 86.4 cm³/mol. The van der Waals surface area contributed by atoms with Crippen molar-refractivity contribution in [2.45, 2.75) is 5.92 Å². The minimum Gasteiger partial charge on any atom is -0.664 e. The topological polar surface area (TPSA) is 41.1 Å². The van der Waals surface area contributed by atoms with Gasteiger partial charge in [-0.2, -0.15) is 12.4 Å². The molecule has 0 saturated heterocycles. The molecule has 0 radical (unpaired) electrons. The maximum absolute atomic E-state index is 4.45. The second-order valence-corrected chi connectivity index (χ2v) is 4.62. The minimum absolute atomic E-state index is 0.0380. The lowest BCUT2D eigenvalue weighted by molar-refractivity contribution is 0.980. The molecule has 2 aliphatic rings. The zero-order valence-corrected chi connectivity index (χ0v) is 11.5. The van der Waals surface area contributed by atoms with Crippen molar-refractivity contribution in [3.63, 3.8) is 0 Å². The van der Waals surface area contributed by atoms with Crippen LogP contribution in [-0.4, -0.2) is 4.98 Å². The third kappa shape index (κ3) is 3.60. The summed E-state index contributed by atoms with van der Waals surface area (Å²) in [6.45, 7) is 0. The van der Waals surface area contributed by atoms with Crippen molar-refractivity contribution >= 4 is 0 Å². The summed E-state index contributed by atoms with van der Waals surface area (Å²) < 4.78 is 0. The fourth-order valence-electron chi connectivity index (χ4n) is 2.11. The fraction of sp³-hybridized carbons (Fsp3) is 0.0556. The highest BCUT2D eigenvalue weighted by molar-refractivity contribution is 5.46. The Morgan fingerprint density at radius 1 is 0.857 bits per heavy atom. The van der Waals surface area contributed by atoms with Crippen molar-refractivity contribution in [2.75, 3.05) is 0 Å². The highest BCUT2D eigenvalue weighted by Gasteiger charge is 2.05. The molecule has 0 N–H and O–H groups in total. The second kappa shape index (κ2) is 6.57. The molecule has 0 unspecified atom stereocenters. The van der Waals surface area contributed by atoms with Gasteiger partial charge >= 0.3 is 0 Å². The average Bonchev–Trinajstić information content (AvgIpc) is 2.57. The monoisotopic (exact) mass is 273 g/mol. The number of hydrogen-bond acceptors (Lipinski definition) is 1. The first-order chi connectivity index (χ1) is 10.4. The first-order valence-electron chi connectivity index (χ1n) is 6.84. The van der Waals surface area contributed by atoms with Gasteiger partial charge in [-0.25, -0.2) is 0 Å².